The molecule has 0 saturated carbocycles. The number of methoxy groups -OCH3 is 1. The van der Waals surface area contributed by atoms with Crippen molar-refractivity contribution in [2.24, 2.45) is 0 Å². The average molecular weight is 229 g/mol. The topological polar surface area (TPSA) is 52.6 Å². The first-order valence-electron chi connectivity index (χ1n) is 4.11. The molecule has 15 heavy (non-hydrogen) atoms. The first-order valence-corrected chi connectivity index (χ1v) is 4.48. The molecule has 0 bridgehead atoms. The van der Waals surface area contributed by atoms with Gasteiger partial charge in [-0.1, -0.05) is 0 Å². The van der Waals surface area contributed by atoms with Crippen molar-refractivity contribution < 1.29 is 19.1 Å². The van der Waals surface area contributed by atoms with Gasteiger partial charge in [0.05, 0.1) is 12.7 Å². The van der Waals surface area contributed by atoms with E-state index in [2.05, 4.69) is 0 Å². The molecule has 0 aliphatic rings. The van der Waals surface area contributed by atoms with Gasteiger partial charge in [0.25, 0.3) is 5.24 Å². The monoisotopic (exact) mass is 228 g/mol. The van der Waals surface area contributed by atoms with E-state index in [0.717, 1.165) is 0 Å². The van der Waals surface area contributed by atoms with Crippen LogP contribution in [-0.2, 0) is 4.79 Å². The summed E-state index contributed by atoms with van der Waals surface area (Å²) in [5.74, 6) is 0.136. The summed E-state index contributed by atoms with van der Waals surface area (Å²) in [5, 5.41) is -0.624. The second-order valence-electron chi connectivity index (χ2n) is 2.73. The van der Waals surface area contributed by atoms with Crippen LogP contribution in [0, 0.1) is 0 Å². The van der Waals surface area contributed by atoms with E-state index >= 15 is 0 Å². The molecule has 0 saturated heterocycles. The maximum Gasteiger partial charge on any atom is 0.308 e. The molecule has 0 spiro atoms. The smallest absolute Gasteiger partial charge is 0.308 e. The number of hydrogen-bond acceptors (Lipinski definition) is 4. The number of rotatable bonds is 3. The summed E-state index contributed by atoms with van der Waals surface area (Å²) >= 11 is 5.32. The van der Waals surface area contributed by atoms with E-state index in [-0.39, 0.29) is 11.3 Å². The summed E-state index contributed by atoms with van der Waals surface area (Å²) < 4.78 is 9.75. The molecule has 0 unspecified atom stereocenters. The molecule has 0 aliphatic carbocycles. The van der Waals surface area contributed by atoms with Crippen LogP contribution < -0.4 is 9.47 Å². The van der Waals surface area contributed by atoms with Crippen molar-refractivity contribution in [3.8, 4) is 11.5 Å². The largest absolute Gasteiger partial charge is 0.496 e. The highest BCUT2D eigenvalue weighted by atomic mass is 35.5. The number of esters is 1. The van der Waals surface area contributed by atoms with E-state index in [1.54, 1.807) is 0 Å². The Hall–Kier alpha value is -1.55. The van der Waals surface area contributed by atoms with Crippen LogP contribution in [0.1, 0.15) is 17.3 Å². The number of carbonyl (C=O) groups excluding carboxylic acids is 2. The van der Waals surface area contributed by atoms with E-state index in [1.807, 2.05) is 0 Å². The van der Waals surface area contributed by atoms with Crippen LogP contribution in [0.15, 0.2) is 18.2 Å². The summed E-state index contributed by atoms with van der Waals surface area (Å²) in [6.45, 7) is 1.28. The zero-order valence-electron chi connectivity index (χ0n) is 8.24. The van der Waals surface area contributed by atoms with E-state index in [4.69, 9.17) is 21.1 Å². The number of halogens is 1. The SMILES string of the molecule is COc1cc(OC(C)=O)ccc1C(=O)Cl. The molecule has 5 heteroatoms. The fourth-order valence-electron chi connectivity index (χ4n) is 1.06. The molecule has 0 fully saturated rings. The molecule has 4 nitrogen and oxygen atoms in total. The molecular formula is C10H9ClO4. The van der Waals surface area contributed by atoms with Gasteiger partial charge in [0.2, 0.25) is 0 Å². The maximum absolute atomic E-state index is 10.9. The lowest BCUT2D eigenvalue weighted by Crippen LogP contribution is -2.02. The summed E-state index contributed by atoms with van der Waals surface area (Å²) in [7, 11) is 1.40. The minimum atomic E-state index is -0.624. The Balaban J connectivity index is 3.07. The van der Waals surface area contributed by atoms with E-state index < -0.39 is 11.2 Å². The van der Waals surface area contributed by atoms with Crippen molar-refractivity contribution in [3.05, 3.63) is 23.8 Å². The number of ether oxygens (including phenoxy) is 2. The van der Waals surface area contributed by atoms with Gasteiger partial charge in [-0.15, -0.1) is 0 Å². The zero-order chi connectivity index (χ0) is 11.4. The van der Waals surface area contributed by atoms with Crippen LogP contribution in [0.25, 0.3) is 0 Å². The minimum absolute atomic E-state index is 0.232. The lowest BCUT2D eigenvalue weighted by atomic mass is 10.2. The molecule has 0 atom stereocenters. The lowest BCUT2D eigenvalue weighted by molar-refractivity contribution is -0.131. The fraction of sp³-hybridized carbons (Fsp3) is 0.200. The highest BCUT2D eigenvalue weighted by Crippen LogP contribution is 2.25. The van der Waals surface area contributed by atoms with Crippen LogP contribution in [0.2, 0.25) is 0 Å². The Morgan fingerprint density at radius 1 is 1.33 bits per heavy atom. The van der Waals surface area contributed by atoms with E-state index in [9.17, 15) is 9.59 Å². The van der Waals surface area contributed by atoms with Crippen molar-refractivity contribution >= 4 is 22.8 Å². The lowest BCUT2D eigenvalue weighted by Gasteiger charge is -2.07. The molecule has 1 aromatic rings. The van der Waals surface area contributed by atoms with Crippen LogP contribution in [0.5, 0.6) is 11.5 Å². The quantitative estimate of drug-likeness (QED) is 0.451. The highest BCUT2D eigenvalue weighted by Gasteiger charge is 2.11. The standard InChI is InChI=1S/C10H9ClO4/c1-6(12)15-7-3-4-8(10(11)13)9(5-7)14-2/h3-5H,1-2H3. The molecule has 0 heterocycles. The van der Waals surface area contributed by atoms with Gasteiger partial charge in [-0.05, 0) is 23.7 Å². The Morgan fingerprint density at radius 3 is 2.47 bits per heavy atom. The van der Waals surface area contributed by atoms with Crippen molar-refractivity contribution in [1.29, 1.82) is 0 Å². The summed E-state index contributed by atoms with van der Waals surface area (Å²) in [5.41, 5.74) is 0.232. The molecule has 0 aliphatic heterocycles. The zero-order valence-corrected chi connectivity index (χ0v) is 9.00. The predicted molar refractivity (Wildman–Crippen MR) is 54.5 cm³/mol. The third-order valence-electron chi connectivity index (χ3n) is 1.65. The second-order valence-corrected chi connectivity index (χ2v) is 3.07. The molecular weight excluding hydrogens is 220 g/mol. The Morgan fingerprint density at radius 2 is 2.00 bits per heavy atom. The molecule has 1 aromatic carbocycles. The predicted octanol–water partition coefficient (Wildman–Crippen LogP) is 2.00. The van der Waals surface area contributed by atoms with Crippen LogP contribution in [0.4, 0.5) is 0 Å². The summed E-state index contributed by atoms with van der Waals surface area (Å²) in [4.78, 5) is 21.6. The molecule has 0 amide bonds. The molecule has 0 radical (unpaired) electrons. The Bertz CT molecular complexity index is 400. The fourth-order valence-corrected chi connectivity index (χ4v) is 1.22. The molecule has 1 rings (SSSR count). The van der Waals surface area contributed by atoms with Gasteiger partial charge in [0.1, 0.15) is 11.5 Å². The molecule has 80 valence electrons. The van der Waals surface area contributed by atoms with Crippen LogP contribution in [-0.4, -0.2) is 18.3 Å². The third-order valence-corrected chi connectivity index (χ3v) is 1.85. The second kappa shape index (κ2) is 4.79. The van der Waals surface area contributed by atoms with Gasteiger partial charge in [-0.2, -0.15) is 0 Å². The van der Waals surface area contributed by atoms with Gasteiger partial charge >= 0.3 is 5.97 Å². The molecule has 0 N–H and O–H groups in total. The van der Waals surface area contributed by atoms with Gasteiger partial charge in [0.15, 0.2) is 0 Å². The summed E-state index contributed by atoms with van der Waals surface area (Å²) in [6, 6.07) is 4.34. The number of carbonyl (C=O) groups is 2. The number of hydrogen-bond donors (Lipinski definition) is 0. The van der Waals surface area contributed by atoms with E-state index in [0.29, 0.717) is 5.75 Å². The first kappa shape index (κ1) is 11.5. The van der Waals surface area contributed by atoms with Crippen LogP contribution in [0.3, 0.4) is 0 Å². The Labute approximate surface area is 91.7 Å². The number of benzene rings is 1. The van der Waals surface area contributed by atoms with Gasteiger partial charge < -0.3 is 9.47 Å². The highest BCUT2D eigenvalue weighted by molar-refractivity contribution is 6.68. The van der Waals surface area contributed by atoms with Crippen molar-refractivity contribution in [2.45, 2.75) is 6.92 Å². The van der Waals surface area contributed by atoms with Crippen molar-refractivity contribution in [2.75, 3.05) is 7.11 Å². The van der Waals surface area contributed by atoms with E-state index in [1.165, 1.54) is 32.2 Å². The average Bonchev–Trinajstić information content (AvgIpc) is 2.16. The minimum Gasteiger partial charge on any atom is -0.496 e. The van der Waals surface area contributed by atoms with Gasteiger partial charge in [0, 0.05) is 13.0 Å². The molecule has 0 aromatic heterocycles. The van der Waals surface area contributed by atoms with Crippen molar-refractivity contribution in [1.82, 2.24) is 0 Å². The van der Waals surface area contributed by atoms with Gasteiger partial charge in [-0.25, -0.2) is 0 Å². The van der Waals surface area contributed by atoms with Gasteiger partial charge in [-0.3, -0.25) is 9.59 Å². The Kier molecular flexibility index (Phi) is 3.68. The normalized spacial score (nSPS) is 9.53. The third kappa shape index (κ3) is 2.95. The van der Waals surface area contributed by atoms with Crippen LogP contribution >= 0.6 is 11.6 Å². The maximum atomic E-state index is 10.9. The first-order chi connectivity index (χ1) is 7.04. The summed E-state index contributed by atoms with van der Waals surface area (Å²) in [6.07, 6.45) is 0. The van der Waals surface area contributed by atoms with Crippen molar-refractivity contribution in [3.63, 3.8) is 0 Å².